The van der Waals surface area contributed by atoms with Crippen molar-refractivity contribution >= 4 is 0 Å². The molecule has 2 rings (SSSR count). The molecule has 0 atom stereocenters. The van der Waals surface area contributed by atoms with E-state index >= 15 is 0 Å². The quantitative estimate of drug-likeness (QED) is 0.583. The van der Waals surface area contributed by atoms with Gasteiger partial charge in [-0.15, -0.1) is 0 Å². The molecule has 0 saturated heterocycles. The summed E-state index contributed by atoms with van der Waals surface area (Å²) in [5.74, 6) is 1.56. The van der Waals surface area contributed by atoms with Gasteiger partial charge in [0.2, 0.25) is 5.76 Å². The van der Waals surface area contributed by atoms with Crippen molar-refractivity contribution in [2.24, 2.45) is 0 Å². The second-order valence-corrected chi connectivity index (χ2v) is 2.45. The van der Waals surface area contributed by atoms with E-state index in [-0.39, 0.29) is 0 Å². The predicted octanol–water partition coefficient (Wildman–Crippen LogP) is 1.42. The van der Waals surface area contributed by atoms with Crippen LogP contribution in [-0.2, 0) is 0 Å². The summed E-state index contributed by atoms with van der Waals surface area (Å²) >= 11 is 0. The molecule has 1 aromatic rings. The zero-order chi connectivity index (χ0) is 6.97. The first-order valence-electron chi connectivity index (χ1n) is 3.26. The van der Waals surface area contributed by atoms with Gasteiger partial charge in [-0.2, -0.15) is 5.26 Å². The molecule has 0 radical (unpaired) electrons. The monoisotopic (exact) mass is 134 g/mol. The molecule has 50 valence electrons. The Hall–Kier alpha value is -1.30. The fourth-order valence-corrected chi connectivity index (χ4v) is 0.858. The minimum absolute atomic E-state index is 0.321. The summed E-state index contributed by atoms with van der Waals surface area (Å²) in [5.41, 5.74) is 0. The molecule has 0 amide bonds. The maximum Gasteiger partial charge on any atom is 0.223 e. The third kappa shape index (κ3) is 0.781. The van der Waals surface area contributed by atoms with Crippen molar-refractivity contribution in [2.75, 3.05) is 0 Å². The van der Waals surface area contributed by atoms with Crippen LogP contribution in [0.15, 0.2) is 10.6 Å². The lowest BCUT2D eigenvalue weighted by Crippen LogP contribution is -1.73. The summed E-state index contributed by atoms with van der Waals surface area (Å²) in [6, 6.07) is 1.90. The summed E-state index contributed by atoms with van der Waals surface area (Å²) in [6.07, 6.45) is 3.80. The van der Waals surface area contributed by atoms with Crippen molar-refractivity contribution in [1.29, 1.82) is 5.26 Å². The molecule has 0 aromatic carbocycles. The van der Waals surface area contributed by atoms with E-state index in [0.717, 1.165) is 18.7 Å². The number of hydrogen-bond donors (Lipinski definition) is 0. The molecule has 1 aromatic heterocycles. The first-order chi connectivity index (χ1) is 4.90. The number of rotatable bonds is 1. The number of nitrogens with zero attached hydrogens (tertiary/aromatic N) is 2. The molecule has 3 heteroatoms. The third-order valence-corrected chi connectivity index (χ3v) is 1.56. The van der Waals surface area contributed by atoms with Crippen LogP contribution >= 0.6 is 0 Å². The molecule has 0 unspecified atom stereocenters. The SMILES string of the molecule is N#Cc1cnc(C2CC2)o1. The zero-order valence-electron chi connectivity index (χ0n) is 5.37. The Morgan fingerprint density at radius 2 is 2.50 bits per heavy atom. The van der Waals surface area contributed by atoms with Crippen LogP contribution in [-0.4, -0.2) is 4.98 Å². The third-order valence-electron chi connectivity index (χ3n) is 1.56. The Kier molecular flexibility index (Phi) is 1.01. The molecule has 10 heavy (non-hydrogen) atoms. The summed E-state index contributed by atoms with van der Waals surface area (Å²) in [7, 11) is 0. The minimum atomic E-state index is 0.321. The Morgan fingerprint density at radius 1 is 1.70 bits per heavy atom. The highest BCUT2D eigenvalue weighted by atomic mass is 16.4. The Labute approximate surface area is 58.3 Å². The Bertz CT molecular complexity index is 280. The van der Waals surface area contributed by atoms with Crippen LogP contribution in [0.25, 0.3) is 0 Å². The normalized spacial score (nSPS) is 16.7. The van der Waals surface area contributed by atoms with Crippen molar-refractivity contribution in [3.05, 3.63) is 17.8 Å². The molecule has 1 aliphatic rings. The Balaban J connectivity index is 2.29. The van der Waals surface area contributed by atoms with E-state index in [4.69, 9.17) is 9.68 Å². The van der Waals surface area contributed by atoms with Gasteiger partial charge in [-0.1, -0.05) is 0 Å². The zero-order valence-corrected chi connectivity index (χ0v) is 5.37. The minimum Gasteiger partial charge on any atom is -0.430 e. The summed E-state index contributed by atoms with van der Waals surface area (Å²) in [4.78, 5) is 3.96. The first-order valence-corrected chi connectivity index (χ1v) is 3.26. The highest BCUT2D eigenvalue weighted by molar-refractivity contribution is 5.14. The average Bonchev–Trinajstić information content (AvgIpc) is 2.70. The topological polar surface area (TPSA) is 49.8 Å². The molecule has 0 N–H and O–H groups in total. The second kappa shape index (κ2) is 1.84. The molecule has 1 fully saturated rings. The summed E-state index contributed by atoms with van der Waals surface area (Å²) < 4.78 is 5.08. The number of nitriles is 1. The molecule has 0 bridgehead atoms. The van der Waals surface area contributed by atoms with Crippen molar-refractivity contribution in [3.63, 3.8) is 0 Å². The first kappa shape index (κ1) is 5.48. The van der Waals surface area contributed by atoms with Gasteiger partial charge in [0.25, 0.3) is 0 Å². The molecule has 0 spiro atoms. The van der Waals surface area contributed by atoms with Crippen LogP contribution in [0.3, 0.4) is 0 Å². The van der Waals surface area contributed by atoms with Crippen LogP contribution in [0.4, 0.5) is 0 Å². The van der Waals surface area contributed by atoms with Gasteiger partial charge >= 0.3 is 0 Å². The summed E-state index contributed by atoms with van der Waals surface area (Å²) in [5, 5.41) is 8.37. The molecule has 3 nitrogen and oxygen atoms in total. The van der Waals surface area contributed by atoms with Gasteiger partial charge in [-0.05, 0) is 12.8 Å². The fourth-order valence-electron chi connectivity index (χ4n) is 0.858. The van der Waals surface area contributed by atoms with E-state index in [2.05, 4.69) is 4.98 Å². The predicted molar refractivity (Wildman–Crippen MR) is 33.2 cm³/mol. The van der Waals surface area contributed by atoms with Gasteiger partial charge in [0, 0.05) is 5.92 Å². The van der Waals surface area contributed by atoms with E-state index in [1.807, 2.05) is 6.07 Å². The molecule has 1 saturated carbocycles. The van der Waals surface area contributed by atoms with E-state index in [1.54, 1.807) is 0 Å². The van der Waals surface area contributed by atoms with Gasteiger partial charge < -0.3 is 4.42 Å². The van der Waals surface area contributed by atoms with Crippen molar-refractivity contribution in [3.8, 4) is 6.07 Å². The van der Waals surface area contributed by atoms with Crippen LogP contribution in [0, 0.1) is 11.3 Å². The number of hydrogen-bond acceptors (Lipinski definition) is 3. The van der Waals surface area contributed by atoms with Gasteiger partial charge in [-0.25, -0.2) is 4.98 Å². The number of aromatic nitrogens is 1. The Morgan fingerprint density at radius 3 is 3.00 bits per heavy atom. The standard InChI is InChI=1S/C7H6N2O/c8-3-6-4-9-7(10-6)5-1-2-5/h4-5H,1-2H2. The lowest BCUT2D eigenvalue weighted by molar-refractivity contribution is 0.487. The van der Waals surface area contributed by atoms with Gasteiger partial charge in [-0.3, -0.25) is 0 Å². The van der Waals surface area contributed by atoms with Crippen molar-refractivity contribution in [1.82, 2.24) is 4.98 Å². The average molecular weight is 134 g/mol. The molecular weight excluding hydrogens is 128 g/mol. The van der Waals surface area contributed by atoms with E-state index in [9.17, 15) is 0 Å². The second-order valence-electron chi connectivity index (χ2n) is 2.45. The van der Waals surface area contributed by atoms with E-state index in [0.29, 0.717) is 11.7 Å². The van der Waals surface area contributed by atoms with Gasteiger partial charge in [0.15, 0.2) is 5.89 Å². The maximum absolute atomic E-state index is 8.37. The molecule has 1 heterocycles. The van der Waals surface area contributed by atoms with E-state index < -0.39 is 0 Å². The lowest BCUT2D eigenvalue weighted by atomic mass is 10.4. The van der Waals surface area contributed by atoms with Crippen LogP contribution in [0.1, 0.15) is 30.4 Å². The molecule has 1 aliphatic carbocycles. The van der Waals surface area contributed by atoms with Crippen LogP contribution in [0.5, 0.6) is 0 Å². The van der Waals surface area contributed by atoms with Crippen LogP contribution in [0.2, 0.25) is 0 Å². The smallest absolute Gasteiger partial charge is 0.223 e. The van der Waals surface area contributed by atoms with Crippen molar-refractivity contribution in [2.45, 2.75) is 18.8 Å². The van der Waals surface area contributed by atoms with Crippen molar-refractivity contribution < 1.29 is 4.42 Å². The number of oxazole rings is 1. The maximum atomic E-state index is 8.37. The highest BCUT2D eigenvalue weighted by Crippen LogP contribution is 2.39. The molecular formula is C7H6N2O. The van der Waals surface area contributed by atoms with Crippen LogP contribution < -0.4 is 0 Å². The van der Waals surface area contributed by atoms with Gasteiger partial charge in [0.1, 0.15) is 6.07 Å². The fraction of sp³-hybridized carbons (Fsp3) is 0.429. The van der Waals surface area contributed by atoms with Gasteiger partial charge in [0.05, 0.1) is 6.20 Å². The van der Waals surface area contributed by atoms with E-state index in [1.165, 1.54) is 6.20 Å². The highest BCUT2D eigenvalue weighted by Gasteiger charge is 2.28. The largest absolute Gasteiger partial charge is 0.430 e. The molecule has 0 aliphatic heterocycles. The lowest BCUT2D eigenvalue weighted by Gasteiger charge is -1.82. The summed E-state index contributed by atoms with van der Waals surface area (Å²) in [6.45, 7) is 0.